The van der Waals surface area contributed by atoms with Crippen molar-refractivity contribution in [2.45, 2.75) is 45.3 Å². The van der Waals surface area contributed by atoms with Crippen LogP contribution in [0.4, 0.5) is 0 Å². The minimum absolute atomic E-state index is 0.0896. The minimum Gasteiger partial charge on any atom is -0.489 e. The van der Waals surface area contributed by atoms with E-state index in [1.165, 1.54) is 32.1 Å². The number of amides is 1. The first-order valence-corrected chi connectivity index (χ1v) is 11.5. The third kappa shape index (κ3) is 6.36. The van der Waals surface area contributed by atoms with Crippen molar-refractivity contribution >= 4 is 5.91 Å². The quantitative estimate of drug-likeness (QED) is 0.443. The van der Waals surface area contributed by atoms with E-state index >= 15 is 0 Å². The van der Waals surface area contributed by atoms with Gasteiger partial charge in [-0.25, -0.2) is 0 Å². The van der Waals surface area contributed by atoms with Gasteiger partial charge in [0.15, 0.2) is 0 Å². The molecule has 4 heteroatoms. The average Bonchev–Trinajstić information content (AvgIpc) is 2.86. The number of carbonyl (C=O) groups excluding carboxylic acids is 1. The standard InChI is InChI=1S/C28H31NO3/c30-28(29-19-22-10-4-1-5-11-22)26-17-16-25(31-20-23-12-6-2-7-13-23)18-27(26)32-21-24-14-8-3-9-15-24/h2-3,6-9,12-18,22H,1,4-5,10-11,19-21H2,(H,29,30). The molecule has 0 bridgehead atoms. The SMILES string of the molecule is O=C(NCC1CCCCC1)c1ccc(OCc2ccccc2)cc1OCc1ccccc1. The van der Waals surface area contributed by atoms with E-state index in [-0.39, 0.29) is 5.91 Å². The predicted octanol–water partition coefficient (Wildman–Crippen LogP) is 6.15. The van der Waals surface area contributed by atoms with Crippen molar-refractivity contribution in [1.82, 2.24) is 5.32 Å². The van der Waals surface area contributed by atoms with E-state index < -0.39 is 0 Å². The number of ether oxygens (including phenoxy) is 2. The van der Waals surface area contributed by atoms with E-state index in [1.807, 2.05) is 72.8 Å². The molecule has 3 aromatic rings. The molecule has 0 unspecified atom stereocenters. The number of carbonyl (C=O) groups is 1. The molecule has 32 heavy (non-hydrogen) atoms. The number of hydrogen-bond acceptors (Lipinski definition) is 3. The van der Waals surface area contributed by atoms with E-state index in [2.05, 4.69) is 5.32 Å². The van der Waals surface area contributed by atoms with Gasteiger partial charge in [-0.15, -0.1) is 0 Å². The van der Waals surface area contributed by atoms with Gasteiger partial charge in [-0.2, -0.15) is 0 Å². The summed E-state index contributed by atoms with van der Waals surface area (Å²) in [4.78, 5) is 13.0. The molecule has 3 aromatic carbocycles. The predicted molar refractivity (Wildman–Crippen MR) is 127 cm³/mol. The lowest BCUT2D eigenvalue weighted by molar-refractivity contribution is 0.0939. The monoisotopic (exact) mass is 429 g/mol. The molecule has 1 aliphatic carbocycles. The Morgan fingerprint density at radius 1 is 0.781 bits per heavy atom. The molecule has 1 N–H and O–H groups in total. The molecule has 0 saturated heterocycles. The van der Waals surface area contributed by atoms with Crippen molar-refractivity contribution < 1.29 is 14.3 Å². The van der Waals surface area contributed by atoms with Crippen LogP contribution in [0.5, 0.6) is 11.5 Å². The number of hydrogen-bond donors (Lipinski definition) is 1. The molecule has 1 saturated carbocycles. The van der Waals surface area contributed by atoms with Gasteiger partial charge in [0.25, 0.3) is 5.91 Å². The van der Waals surface area contributed by atoms with Crippen LogP contribution in [0, 0.1) is 5.92 Å². The van der Waals surface area contributed by atoms with Crippen molar-refractivity contribution in [1.29, 1.82) is 0 Å². The molecule has 0 aliphatic heterocycles. The number of rotatable bonds is 9. The second kappa shape index (κ2) is 11.4. The molecular formula is C28H31NO3. The first-order valence-electron chi connectivity index (χ1n) is 11.5. The highest BCUT2D eigenvalue weighted by Gasteiger charge is 2.18. The van der Waals surface area contributed by atoms with Crippen LogP contribution in [0.15, 0.2) is 78.9 Å². The van der Waals surface area contributed by atoms with Crippen molar-refractivity contribution in [3.05, 3.63) is 95.6 Å². The van der Waals surface area contributed by atoms with Crippen LogP contribution >= 0.6 is 0 Å². The highest BCUT2D eigenvalue weighted by atomic mass is 16.5. The molecule has 0 aromatic heterocycles. The zero-order valence-corrected chi connectivity index (χ0v) is 18.5. The summed E-state index contributed by atoms with van der Waals surface area (Å²) in [5, 5.41) is 3.12. The van der Waals surface area contributed by atoms with Gasteiger partial charge in [0.1, 0.15) is 24.7 Å². The zero-order chi connectivity index (χ0) is 22.0. The summed E-state index contributed by atoms with van der Waals surface area (Å²) >= 11 is 0. The van der Waals surface area contributed by atoms with Gasteiger partial charge in [0.05, 0.1) is 5.56 Å². The second-order valence-corrected chi connectivity index (χ2v) is 8.42. The molecular weight excluding hydrogens is 398 g/mol. The van der Waals surface area contributed by atoms with Crippen molar-refractivity contribution in [2.24, 2.45) is 5.92 Å². The molecule has 0 spiro atoms. The van der Waals surface area contributed by atoms with Crippen LogP contribution in [-0.2, 0) is 13.2 Å². The Labute approximate surface area is 190 Å². The molecule has 0 heterocycles. The summed E-state index contributed by atoms with van der Waals surface area (Å²) in [6.45, 7) is 1.58. The van der Waals surface area contributed by atoms with Gasteiger partial charge >= 0.3 is 0 Å². The summed E-state index contributed by atoms with van der Waals surface area (Å²) in [5.74, 6) is 1.71. The lowest BCUT2D eigenvalue weighted by atomic mass is 9.89. The smallest absolute Gasteiger partial charge is 0.255 e. The lowest BCUT2D eigenvalue weighted by Crippen LogP contribution is -2.30. The maximum Gasteiger partial charge on any atom is 0.255 e. The van der Waals surface area contributed by atoms with Gasteiger partial charge in [-0.1, -0.05) is 79.9 Å². The topological polar surface area (TPSA) is 47.6 Å². The maximum atomic E-state index is 13.0. The summed E-state index contributed by atoms with van der Waals surface area (Å²) in [6, 6.07) is 25.5. The molecule has 1 amide bonds. The van der Waals surface area contributed by atoms with Crippen LogP contribution in [0.25, 0.3) is 0 Å². The maximum absolute atomic E-state index is 13.0. The Morgan fingerprint density at radius 3 is 2.06 bits per heavy atom. The molecule has 0 atom stereocenters. The Balaban J connectivity index is 1.45. The van der Waals surface area contributed by atoms with E-state index in [0.29, 0.717) is 36.2 Å². The van der Waals surface area contributed by atoms with E-state index in [0.717, 1.165) is 17.7 Å². The van der Waals surface area contributed by atoms with Gasteiger partial charge < -0.3 is 14.8 Å². The van der Waals surface area contributed by atoms with Crippen molar-refractivity contribution in [2.75, 3.05) is 6.54 Å². The fourth-order valence-corrected chi connectivity index (χ4v) is 4.10. The van der Waals surface area contributed by atoms with Gasteiger partial charge in [-0.3, -0.25) is 4.79 Å². The van der Waals surface area contributed by atoms with Crippen LogP contribution in [0.1, 0.15) is 53.6 Å². The normalized spacial score (nSPS) is 14.0. The van der Waals surface area contributed by atoms with E-state index in [9.17, 15) is 4.79 Å². The van der Waals surface area contributed by atoms with E-state index in [1.54, 1.807) is 6.07 Å². The highest BCUT2D eigenvalue weighted by Crippen LogP contribution is 2.27. The Bertz CT molecular complexity index is 982. The molecule has 1 aliphatic rings. The third-order valence-corrected chi connectivity index (χ3v) is 5.96. The van der Waals surface area contributed by atoms with E-state index in [4.69, 9.17) is 9.47 Å². The highest BCUT2D eigenvalue weighted by molar-refractivity contribution is 5.97. The van der Waals surface area contributed by atoms with Gasteiger partial charge in [0.2, 0.25) is 0 Å². The molecule has 4 rings (SSSR count). The molecule has 4 nitrogen and oxygen atoms in total. The van der Waals surface area contributed by atoms with Crippen molar-refractivity contribution in [3.8, 4) is 11.5 Å². The second-order valence-electron chi connectivity index (χ2n) is 8.42. The number of benzene rings is 3. The fourth-order valence-electron chi connectivity index (χ4n) is 4.10. The third-order valence-electron chi connectivity index (χ3n) is 5.96. The zero-order valence-electron chi connectivity index (χ0n) is 18.5. The van der Waals surface area contributed by atoms with Crippen LogP contribution in [0.2, 0.25) is 0 Å². The molecule has 166 valence electrons. The first-order chi connectivity index (χ1) is 15.8. The Kier molecular flexibility index (Phi) is 7.80. The number of nitrogens with one attached hydrogen (secondary N) is 1. The lowest BCUT2D eigenvalue weighted by Gasteiger charge is -2.22. The summed E-state index contributed by atoms with van der Waals surface area (Å²) in [7, 11) is 0. The molecule has 1 fully saturated rings. The van der Waals surface area contributed by atoms with Gasteiger partial charge in [-0.05, 0) is 42.0 Å². The Hall–Kier alpha value is -3.27. The minimum atomic E-state index is -0.0896. The summed E-state index contributed by atoms with van der Waals surface area (Å²) in [6.07, 6.45) is 6.24. The summed E-state index contributed by atoms with van der Waals surface area (Å²) in [5.41, 5.74) is 2.69. The van der Waals surface area contributed by atoms with Crippen molar-refractivity contribution in [3.63, 3.8) is 0 Å². The summed E-state index contributed by atoms with van der Waals surface area (Å²) < 4.78 is 12.1. The first kappa shape index (κ1) is 21.9. The average molecular weight is 430 g/mol. The largest absolute Gasteiger partial charge is 0.489 e. The van der Waals surface area contributed by atoms with Crippen LogP contribution < -0.4 is 14.8 Å². The van der Waals surface area contributed by atoms with Crippen LogP contribution in [0.3, 0.4) is 0 Å². The van der Waals surface area contributed by atoms with Crippen LogP contribution in [-0.4, -0.2) is 12.5 Å². The fraction of sp³-hybridized carbons (Fsp3) is 0.321. The Morgan fingerprint density at radius 2 is 1.41 bits per heavy atom. The molecule has 0 radical (unpaired) electrons. The van der Waals surface area contributed by atoms with Gasteiger partial charge in [0, 0.05) is 12.6 Å².